The number of nitriles is 1. The molecule has 0 spiro atoms. The number of rotatable bonds is 8. The minimum Gasteiger partial charge on any atom is -0.242 e. The van der Waals surface area contributed by atoms with Crippen molar-refractivity contribution in [3.8, 4) is 6.07 Å². The molecule has 1 aromatic heterocycles. The van der Waals surface area contributed by atoms with E-state index in [-0.39, 0.29) is 0 Å². The van der Waals surface area contributed by atoms with Crippen molar-refractivity contribution >= 4 is 0 Å². The Bertz CT molecular complexity index is 469. The molecule has 2 nitrogen and oxygen atoms in total. The summed E-state index contributed by atoms with van der Waals surface area (Å²) in [6.07, 6.45) is 8.75. The predicted octanol–water partition coefficient (Wildman–Crippen LogP) is 4.76. The van der Waals surface area contributed by atoms with Crippen molar-refractivity contribution in [2.45, 2.75) is 79.1 Å². The van der Waals surface area contributed by atoms with E-state index < -0.39 is 0 Å². The molecule has 0 N–H and O–H groups in total. The third-order valence-corrected chi connectivity index (χ3v) is 3.96. The summed E-state index contributed by atoms with van der Waals surface area (Å²) in [5, 5.41) is 9.44. The number of hydrogen-bond donors (Lipinski definition) is 0. The van der Waals surface area contributed by atoms with Gasteiger partial charge < -0.3 is 0 Å². The average Bonchev–Trinajstić information content (AvgIpc) is 2.49. The Labute approximate surface area is 124 Å². The van der Waals surface area contributed by atoms with Crippen LogP contribution < -0.4 is 0 Å². The van der Waals surface area contributed by atoms with Gasteiger partial charge in [0.15, 0.2) is 0 Å². The zero-order valence-corrected chi connectivity index (χ0v) is 13.6. The van der Waals surface area contributed by atoms with Crippen molar-refractivity contribution in [3.05, 3.63) is 28.1 Å². The molecule has 2 heteroatoms. The number of aryl methyl sites for hydroxylation is 1. The summed E-state index contributed by atoms with van der Waals surface area (Å²) >= 11 is 0. The third-order valence-electron chi connectivity index (χ3n) is 3.96. The van der Waals surface area contributed by atoms with Gasteiger partial charge >= 0.3 is 0 Å². The number of aromatic nitrogens is 1. The molecule has 0 aliphatic heterocycles. The summed E-state index contributed by atoms with van der Waals surface area (Å²) in [6.45, 7) is 8.77. The maximum atomic E-state index is 9.44. The van der Waals surface area contributed by atoms with Crippen LogP contribution >= 0.6 is 0 Å². The van der Waals surface area contributed by atoms with Crippen LogP contribution in [0.15, 0.2) is 0 Å². The first-order valence-corrected chi connectivity index (χ1v) is 8.16. The monoisotopic (exact) mass is 272 g/mol. The first-order chi connectivity index (χ1) is 9.73. The summed E-state index contributed by atoms with van der Waals surface area (Å²) in [5.74, 6) is 0. The summed E-state index contributed by atoms with van der Waals surface area (Å²) in [4.78, 5) is 4.64. The van der Waals surface area contributed by atoms with Gasteiger partial charge in [-0.05, 0) is 55.2 Å². The van der Waals surface area contributed by atoms with Gasteiger partial charge in [-0.25, -0.2) is 4.98 Å². The van der Waals surface area contributed by atoms with Crippen LogP contribution in [-0.2, 0) is 25.7 Å². The minimum atomic E-state index is 0.679. The first kappa shape index (κ1) is 16.7. The summed E-state index contributed by atoms with van der Waals surface area (Å²) < 4.78 is 0. The SMILES string of the molecule is CCCCc1c(C#N)nc(CC)c(CC)c1CCCC. The maximum absolute atomic E-state index is 9.44. The van der Waals surface area contributed by atoms with Gasteiger partial charge in [0.1, 0.15) is 11.8 Å². The van der Waals surface area contributed by atoms with Crippen LogP contribution in [-0.4, -0.2) is 4.98 Å². The number of unbranched alkanes of at least 4 members (excludes halogenated alkanes) is 2. The van der Waals surface area contributed by atoms with Crippen molar-refractivity contribution in [1.82, 2.24) is 4.98 Å². The highest BCUT2D eigenvalue weighted by Gasteiger charge is 2.17. The Morgan fingerprint density at radius 2 is 1.45 bits per heavy atom. The van der Waals surface area contributed by atoms with Gasteiger partial charge in [-0.15, -0.1) is 0 Å². The standard InChI is InChI=1S/C18H28N2/c1-5-9-11-15-14(7-3)17(8-4)20-18(13-19)16(15)12-10-6-2/h5-12H2,1-4H3. The maximum Gasteiger partial charge on any atom is 0.144 e. The van der Waals surface area contributed by atoms with E-state index >= 15 is 0 Å². The minimum absolute atomic E-state index is 0.679. The second-order valence-corrected chi connectivity index (χ2v) is 5.37. The van der Waals surface area contributed by atoms with E-state index in [9.17, 15) is 5.26 Å². The second-order valence-electron chi connectivity index (χ2n) is 5.37. The summed E-state index contributed by atoms with van der Waals surface area (Å²) in [6, 6.07) is 2.34. The smallest absolute Gasteiger partial charge is 0.144 e. The molecule has 0 aromatic carbocycles. The molecule has 0 radical (unpaired) electrons. The van der Waals surface area contributed by atoms with Crippen LogP contribution in [0.25, 0.3) is 0 Å². The lowest BCUT2D eigenvalue weighted by atomic mass is 9.90. The average molecular weight is 272 g/mol. The van der Waals surface area contributed by atoms with E-state index in [1.165, 1.54) is 29.5 Å². The lowest BCUT2D eigenvalue weighted by Gasteiger charge is -2.18. The van der Waals surface area contributed by atoms with Crippen molar-refractivity contribution < 1.29 is 0 Å². The van der Waals surface area contributed by atoms with E-state index in [1.807, 2.05) is 0 Å². The molecule has 20 heavy (non-hydrogen) atoms. The lowest BCUT2D eigenvalue weighted by molar-refractivity contribution is 0.738. The molecule has 0 saturated heterocycles. The fraction of sp³-hybridized carbons (Fsp3) is 0.667. The zero-order chi connectivity index (χ0) is 15.0. The van der Waals surface area contributed by atoms with E-state index in [0.29, 0.717) is 5.69 Å². The van der Waals surface area contributed by atoms with E-state index in [1.54, 1.807) is 0 Å². The highest BCUT2D eigenvalue weighted by molar-refractivity contribution is 5.45. The fourth-order valence-corrected chi connectivity index (χ4v) is 2.85. The molecule has 0 saturated carbocycles. The zero-order valence-electron chi connectivity index (χ0n) is 13.6. The molecule has 0 aliphatic carbocycles. The Kier molecular flexibility index (Phi) is 7.30. The van der Waals surface area contributed by atoms with E-state index in [4.69, 9.17) is 0 Å². The van der Waals surface area contributed by atoms with Gasteiger partial charge in [-0.3, -0.25) is 0 Å². The van der Waals surface area contributed by atoms with Gasteiger partial charge in [-0.1, -0.05) is 40.5 Å². The molecule has 1 aromatic rings. The molecule has 0 aliphatic rings. The van der Waals surface area contributed by atoms with Crippen LogP contribution in [0.1, 0.15) is 81.5 Å². The molecule has 1 heterocycles. The van der Waals surface area contributed by atoms with Crippen LogP contribution in [0.2, 0.25) is 0 Å². The molecule has 0 fully saturated rings. The van der Waals surface area contributed by atoms with Crippen molar-refractivity contribution in [2.75, 3.05) is 0 Å². The van der Waals surface area contributed by atoms with Gasteiger partial charge in [0.2, 0.25) is 0 Å². The lowest BCUT2D eigenvalue weighted by Crippen LogP contribution is -2.10. The van der Waals surface area contributed by atoms with Gasteiger partial charge in [0.25, 0.3) is 0 Å². The Morgan fingerprint density at radius 3 is 1.90 bits per heavy atom. The Balaban J connectivity index is 3.38. The quantitative estimate of drug-likeness (QED) is 0.684. The van der Waals surface area contributed by atoms with Crippen LogP contribution in [0, 0.1) is 11.3 Å². The predicted molar refractivity (Wildman–Crippen MR) is 84.9 cm³/mol. The van der Waals surface area contributed by atoms with Crippen molar-refractivity contribution in [2.24, 2.45) is 0 Å². The Hall–Kier alpha value is -1.36. The largest absolute Gasteiger partial charge is 0.242 e. The van der Waals surface area contributed by atoms with Crippen LogP contribution in [0.3, 0.4) is 0 Å². The topological polar surface area (TPSA) is 36.7 Å². The second kappa shape index (κ2) is 8.74. The van der Waals surface area contributed by atoms with Crippen molar-refractivity contribution in [1.29, 1.82) is 5.26 Å². The number of pyridine rings is 1. The van der Waals surface area contributed by atoms with Crippen LogP contribution in [0.5, 0.6) is 0 Å². The first-order valence-electron chi connectivity index (χ1n) is 8.16. The van der Waals surface area contributed by atoms with Gasteiger partial charge in [-0.2, -0.15) is 5.26 Å². The Morgan fingerprint density at radius 1 is 0.850 bits per heavy atom. The molecule has 1 rings (SSSR count). The molecule has 110 valence electrons. The highest BCUT2D eigenvalue weighted by Crippen LogP contribution is 2.25. The molecular formula is C18H28N2. The normalized spacial score (nSPS) is 10.6. The van der Waals surface area contributed by atoms with Crippen molar-refractivity contribution in [3.63, 3.8) is 0 Å². The molecule has 0 unspecified atom stereocenters. The summed E-state index contributed by atoms with van der Waals surface area (Å²) in [7, 11) is 0. The molecule has 0 bridgehead atoms. The van der Waals surface area contributed by atoms with E-state index in [2.05, 4.69) is 38.7 Å². The molecular weight excluding hydrogens is 244 g/mol. The number of hydrogen-bond acceptors (Lipinski definition) is 2. The fourth-order valence-electron chi connectivity index (χ4n) is 2.85. The highest BCUT2D eigenvalue weighted by atomic mass is 14.7. The van der Waals surface area contributed by atoms with Gasteiger partial charge in [0, 0.05) is 5.69 Å². The molecule has 0 atom stereocenters. The third kappa shape index (κ3) is 3.82. The summed E-state index contributed by atoms with van der Waals surface area (Å²) in [5.41, 5.74) is 5.89. The van der Waals surface area contributed by atoms with Gasteiger partial charge in [0.05, 0.1) is 0 Å². The van der Waals surface area contributed by atoms with Crippen LogP contribution in [0.4, 0.5) is 0 Å². The number of nitrogens with zero attached hydrogens (tertiary/aromatic N) is 2. The van der Waals surface area contributed by atoms with E-state index in [0.717, 1.165) is 44.2 Å². The molecule has 0 amide bonds.